The van der Waals surface area contributed by atoms with Crippen LogP contribution < -0.4 is 15.2 Å². The highest BCUT2D eigenvalue weighted by Gasteiger charge is 2.11. The Morgan fingerprint density at radius 2 is 1.92 bits per heavy atom. The SMILES string of the molecule is CC[C@H](C)c1ccccc1OCC(=O)Nc1cccc(C(=O)[O-])c1. The molecular formula is C19H20NO4-. The summed E-state index contributed by atoms with van der Waals surface area (Å²) in [5.41, 5.74) is 1.46. The molecule has 0 radical (unpaired) electrons. The molecule has 24 heavy (non-hydrogen) atoms. The zero-order chi connectivity index (χ0) is 17.5. The van der Waals surface area contributed by atoms with Crippen molar-refractivity contribution >= 4 is 17.6 Å². The third-order valence-electron chi connectivity index (χ3n) is 3.80. The molecule has 0 unspecified atom stereocenters. The van der Waals surface area contributed by atoms with Crippen molar-refractivity contribution in [1.82, 2.24) is 0 Å². The van der Waals surface area contributed by atoms with Crippen molar-refractivity contribution in [3.63, 3.8) is 0 Å². The molecule has 0 aliphatic heterocycles. The van der Waals surface area contributed by atoms with Crippen LogP contribution in [0.5, 0.6) is 5.75 Å². The van der Waals surface area contributed by atoms with Crippen LogP contribution in [0.15, 0.2) is 48.5 Å². The van der Waals surface area contributed by atoms with Gasteiger partial charge in [0.2, 0.25) is 0 Å². The molecule has 126 valence electrons. The highest BCUT2D eigenvalue weighted by atomic mass is 16.5. The summed E-state index contributed by atoms with van der Waals surface area (Å²) in [5, 5.41) is 13.4. The number of nitrogens with one attached hydrogen (secondary N) is 1. The van der Waals surface area contributed by atoms with Gasteiger partial charge in [0.15, 0.2) is 6.61 Å². The molecule has 0 saturated carbocycles. The van der Waals surface area contributed by atoms with Gasteiger partial charge in [-0.25, -0.2) is 0 Å². The molecular weight excluding hydrogens is 306 g/mol. The van der Waals surface area contributed by atoms with Crippen LogP contribution in [0, 0.1) is 0 Å². The van der Waals surface area contributed by atoms with Gasteiger partial charge >= 0.3 is 0 Å². The first kappa shape index (κ1) is 17.5. The van der Waals surface area contributed by atoms with Crippen molar-refractivity contribution in [3.05, 3.63) is 59.7 Å². The van der Waals surface area contributed by atoms with Gasteiger partial charge in [0.25, 0.3) is 5.91 Å². The van der Waals surface area contributed by atoms with Gasteiger partial charge in [-0.05, 0) is 41.7 Å². The molecule has 0 saturated heterocycles. The summed E-state index contributed by atoms with van der Waals surface area (Å²) in [4.78, 5) is 22.8. The minimum absolute atomic E-state index is 0.0100. The minimum Gasteiger partial charge on any atom is -0.545 e. The molecule has 1 amide bonds. The Morgan fingerprint density at radius 1 is 1.17 bits per heavy atom. The van der Waals surface area contributed by atoms with E-state index in [9.17, 15) is 14.7 Å². The zero-order valence-electron chi connectivity index (χ0n) is 13.7. The van der Waals surface area contributed by atoms with Gasteiger partial charge in [0.1, 0.15) is 5.75 Å². The van der Waals surface area contributed by atoms with Crippen molar-refractivity contribution in [2.45, 2.75) is 26.2 Å². The summed E-state index contributed by atoms with van der Waals surface area (Å²) in [6.07, 6.45) is 0.975. The third kappa shape index (κ3) is 4.59. The van der Waals surface area contributed by atoms with E-state index in [1.54, 1.807) is 12.1 Å². The number of amides is 1. The minimum atomic E-state index is -1.29. The highest BCUT2D eigenvalue weighted by molar-refractivity contribution is 5.94. The Morgan fingerprint density at radius 3 is 2.62 bits per heavy atom. The number of ether oxygens (including phenoxy) is 1. The molecule has 1 N–H and O–H groups in total. The maximum Gasteiger partial charge on any atom is 0.262 e. The number of hydrogen-bond acceptors (Lipinski definition) is 4. The van der Waals surface area contributed by atoms with Crippen molar-refractivity contribution in [1.29, 1.82) is 0 Å². The quantitative estimate of drug-likeness (QED) is 0.848. The summed E-state index contributed by atoms with van der Waals surface area (Å²) in [6.45, 7) is 4.05. The van der Waals surface area contributed by atoms with Crippen molar-refractivity contribution in [2.24, 2.45) is 0 Å². The standard InChI is InChI=1S/C19H21NO4/c1-3-13(2)16-9-4-5-10-17(16)24-12-18(21)20-15-8-6-7-14(11-15)19(22)23/h4-11,13H,3,12H2,1-2H3,(H,20,21)(H,22,23)/p-1/t13-/m0/s1. The molecule has 0 aromatic heterocycles. The van der Waals surface area contributed by atoms with E-state index in [0.29, 0.717) is 17.4 Å². The van der Waals surface area contributed by atoms with E-state index in [-0.39, 0.29) is 18.1 Å². The predicted octanol–water partition coefficient (Wildman–Crippen LogP) is 2.58. The number of carbonyl (C=O) groups is 2. The van der Waals surface area contributed by atoms with Gasteiger partial charge in [0.05, 0.1) is 5.97 Å². The van der Waals surface area contributed by atoms with Crippen LogP contribution in [-0.4, -0.2) is 18.5 Å². The van der Waals surface area contributed by atoms with E-state index in [2.05, 4.69) is 19.2 Å². The van der Waals surface area contributed by atoms with Crippen molar-refractivity contribution in [3.8, 4) is 5.75 Å². The zero-order valence-corrected chi connectivity index (χ0v) is 13.7. The van der Waals surface area contributed by atoms with Gasteiger partial charge in [-0.1, -0.05) is 44.2 Å². The molecule has 0 bridgehead atoms. The van der Waals surface area contributed by atoms with E-state index >= 15 is 0 Å². The Bertz CT molecular complexity index is 727. The predicted molar refractivity (Wildman–Crippen MR) is 90.0 cm³/mol. The van der Waals surface area contributed by atoms with Crippen LogP contribution in [0.4, 0.5) is 5.69 Å². The lowest BCUT2D eigenvalue weighted by atomic mass is 9.98. The number of para-hydroxylation sites is 1. The van der Waals surface area contributed by atoms with Gasteiger partial charge in [-0.3, -0.25) is 4.79 Å². The molecule has 2 aromatic carbocycles. The largest absolute Gasteiger partial charge is 0.545 e. The van der Waals surface area contributed by atoms with Crippen LogP contribution in [0.1, 0.15) is 42.1 Å². The lowest BCUT2D eigenvalue weighted by Crippen LogP contribution is -2.23. The van der Waals surface area contributed by atoms with Crippen LogP contribution in [0.2, 0.25) is 0 Å². The molecule has 1 atom stereocenters. The number of rotatable bonds is 7. The number of carboxylic acid groups (broad SMARTS) is 1. The average Bonchev–Trinajstić information content (AvgIpc) is 2.59. The first-order valence-electron chi connectivity index (χ1n) is 7.84. The summed E-state index contributed by atoms with van der Waals surface area (Å²) < 4.78 is 5.63. The third-order valence-corrected chi connectivity index (χ3v) is 3.80. The fraction of sp³-hybridized carbons (Fsp3) is 0.263. The van der Waals surface area contributed by atoms with Gasteiger partial charge in [-0.2, -0.15) is 0 Å². The first-order chi connectivity index (χ1) is 11.5. The molecule has 5 nitrogen and oxygen atoms in total. The van der Waals surface area contributed by atoms with E-state index < -0.39 is 5.97 Å². The molecule has 2 rings (SSSR count). The highest BCUT2D eigenvalue weighted by Crippen LogP contribution is 2.28. The Hall–Kier alpha value is -2.82. The van der Waals surface area contributed by atoms with E-state index in [0.717, 1.165) is 12.0 Å². The number of hydrogen-bond donors (Lipinski definition) is 1. The molecule has 0 fully saturated rings. The summed E-state index contributed by atoms with van der Waals surface area (Å²) in [5.74, 6) is -0.622. The molecule has 0 aliphatic carbocycles. The Labute approximate surface area is 141 Å². The number of carboxylic acids is 1. The topological polar surface area (TPSA) is 78.5 Å². The smallest absolute Gasteiger partial charge is 0.262 e. The van der Waals surface area contributed by atoms with Gasteiger partial charge in [0, 0.05) is 5.69 Å². The normalized spacial score (nSPS) is 11.6. The number of benzene rings is 2. The van der Waals surface area contributed by atoms with E-state index in [4.69, 9.17) is 4.74 Å². The second-order valence-electron chi connectivity index (χ2n) is 5.55. The second kappa shape index (κ2) is 8.15. The summed E-state index contributed by atoms with van der Waals surface area (Å²) in [6, 6.07) is 13.5. The number of carbonyl (C=O) groups excluding carboxylic acids is 2. The molecule has 2 aromatic rings. The Kier molecular flexibility index (Phi) is 5.95. The van der Waals surface area contributed by atoms with Crippen molar-refractivity contribution < 1.29 is 19.4 Å². The molecule has 0 spiro atoms. The number of anilines is 1. The lowest BCUT2D eigenvalue weighted by Gasteiger charge is -2.15. The fourth-order valence-electron chi connectivity index (χ4n) is 2.30. The Balaban J connectivity index is 1.99. The molecule has 5 heteroatoms. The van der Waals surface area contributed by atoms with Crippen LogP contribution in [0.3, 0.4) is 0 Å². The van der Waals surface area contributed by atoms with E-state index in [1.165, 1.54) is 12.1 Å². The van der Waals surface area contributed by atoms with E-state index in [1.807, 2.05) is 24.3 Å². The van der Waals surface area contributed by atoms with Crippen LogP contribution in [0.25, 0.3) is 0 Å². The maximum absolute atomic E-state index is 12.0. The second-order valence-corrected chi connectivity index (χ2v) is 5.55. The van der Waals surface area contributed by atoms with Crippen LogP contribution in [-0.2, 0) is 4.79 Å². The average molecular weight is 326 g/mol. The van der Waals surface area contributed by atoms with Gasteiger partial charge in [-0.15, -0.1) is 0 Å². The summed E-state index contributed by atoms with van der Waals surface area (Å²) >= 11 is 0. The molecule has 0 aliphatic rings. The molecule has 0 heterocycles. The monoisotopic (exact) mass is 326 g/mol. The number of aromatic carboxylic acids is 1. The fourth-order valence-corrected chi connectivity index (χ4v) is 2.30. The maximum atomic E-state index is 12.0. The summed E-state index contributed by atoms with van der Waals surface area (Å²) in [7, 11) is 0. The first-order valence-corrected chi connectivity index (χ1v) is 7.84. The lowest BCUT2D eigenvalue weighted by molar-refractivity contribution is -0.255. The van der Waals surface area contributed by atoms with Crippen molar-refractivity contribution in [2.75, 3.05) is 11.9 Å². The van der Waals surface area contributed by atoms with Crippen LogP contribution >= 0.6 is 0 Å². The van der Waals surface area contributed by atoms with Gasteiger partial charge < -0.3 is 20.0 Å².